The van der Waals surface area contributed by atoms with Gasteiger partial charge >= 0.3 is 21.1 Å². The normalized spacial score (nSPS) is 11.9. The van der Waals surface area contributed by atoms with Gasteiger partial charge in [0.2, 0.25) is 0 Å². The number of allylic oxidation sites excluding steroid dienone is 6. The number of rotatable bonds is 53. The van der Waals surface area contributed by atoms with Crippen LogP contribution in [0.1, 0.15) is 317 Å². The topological polar surface area (TPSA) is 28.2 Å². The predicted molar refractivity (Wildman–Crippen MR) is 311 cm³/mol. The van der Waals surface area contributed by atoms with Crippen molar-refractivity contribution in [3.63, 3.8) is 0 Å². The fourth-order valence-corrected chi connectivity index (χ4v) is 9.21. The molecule has 0 rings (SSSR count). The molecule has 0 aliphatic carbocycles. The molecule has 68 heavy (non-hydrogen) atoms. The first-order chi connectivity index (χ1) is 32.8. The third-order valence-electron chi connectivity index (χ3n) is 13.8. The van der Waals surface area contributed by atoms with Gasteiger partial charge in [0, 0.05) is 0 Å². The summed E-state index contributed by atoms with van der Waals surface area (Å²) in [6.45, 7) is 27.8. The van der Waals surface area contributed by atoms with Crippen LogP contribution in [-0.2, 0) is 21.1 Å². The molecule has 0 spiro atoms. The summed E-state index contributed by atoms with van der Waals surface area (Å²) in [4.78, 5) is 0. The molecular weight excluding hydrogens is 993 g/mol. The Morgan fingerprint density at radius 2 is 0.618 bits per heavy atom. The van der Waals surface area contributed by atoms with Gasteiger partial charge in [0.15, 0.2) is 0 Å². The van der Waals surface area contributed by atoms with E-state index < -0.39 is 0 Å². The van der Waals surface area contributed by atoms with E-state index in [1.807, 2.05) is 0 Å². The number of nitrogens with zero attached hydrogens (tertiary/aromatic N) is 2. The van der Waals surface area contributed by atoms with Gasteiger partial charge < -0.3 is 10.6 Å². The van der Waals surface area contributed by atoms with Crippen LogP contribution in [0.5, 0.6) is 0 Å². The molecule has 0 radical (unpaired) electrons. The SMILES string of the molecule is C=C(CCCCCCC/C=C\CCCCCCCC)CCC(CCC(=C)CCCCCCC/C=C\CCCCCCCC)[N-]C(CC(=C)CCCCCCC)C(=C)CCCCCCC.C[N-]C.[W+2]. The maximum Gasteiger partial charge on any atom is 2.00 e. The van der Waals surface area contributed by atoms with E-state index in [-0.39, 0.29) is 27.1 Å². The fraction of sp³-hybridized carbons (Fsp3) is 0.815. The molecule has 3 heteroatoms. The molecule has 0 heterocycles. The van der Waals surface area contributed by atoms with Gasteiger partial charge in [-0.2, -0.15) is 14.1 Å². The van der Waals surface area contributed by atoms with Gasteiger partial charge in [-0.25, -0.2) is 0 Å². The maximum absolute atomic E-state index is 5.73. The van der Waals surface area contributed by atoms with Crippen molar-refractivity contribution in [1.29, 1.82) is 0 Å². The van der Waals surface area contributed by atoms with E-state index in [1.165, 1.54) is 266 Å². The first-order valence-electron chi connectivity index (χ1n) is 29.9. The molecule has 0 aromatic carbocycles. The van der Waals surface area contributed by atoms with Crippen molar-refractivity contribution in [2.75, 3.05) is 14.1 Å². The summed E-state index contributed by atoms with van der Waals surface area (Å²) < 4.78 is 0. The maximum atomic E-state index is 5.73. The van der Waals surface area contributed by atoms with Crippen molar-refractivity contribution in [1.82, 2.24) is 0 Å². The van der Waals surface area contributed by atoms with Gasteiger partial charge in [-0.3, -0.25) is 0 Å². The number of hydrogen-bond acceptors (Lipinski definition) is 0. The number of unbranched alkanes of at least 4 members (excludes halogenated alkanes) is 30. The van der Waals surface area contributed by atoms with Gasteiger partial charge in [-0.1, -0.05) is 261 Å². The summed E-state index contributed by atoms with van der Waals surface area (Å²) in [6.07, 6.45) is 68.2. The minimum atomic E-state index is 0. The third kappa shape index (κ3) is 56.0. The zero-order valence-electron chi connectivity index (χ0n) is 47.4. The van der Waals surface area contributed by atoms with Crippen LogP contribution in [0.15, 0.2) is 72.9 Å². The molecule has 0 fully saturated rings. The summed E-state index contributed by atoms with van der Waals surface area (Å²) in [5.74, 6) is 0. The van der Waals surface area contributed by atoms with E-state index in [4.69, 9.17) is 11.9 Å². The molecule has 0 N–H and O–H groups in total. The molecule has 0 bridgehead atoms. The first kappa shape index (κ1) is 71.3. The zero-order chi connectivity index (χ0) is 49.5. The van der Waals surface area contributed by atoms with Crippen molar-refractivity contribution in [3.05, 3.63) is 83.5 Å². The molecule has 0 aromatic rings. The molecule has 0 aliphatic heterocycles. The van der Waals surface area contributed by atoms with Crippen LogP contribution in [0.4, 0.5) is 0 Å². The quantitative estimate of drug-likeness (QED) is 0.0429. The van der Waals surface area contributed by atoms with Crippen LogP contribution < -0.4 is 0 Å². The molecule has 2 nitrogen and oxygen atoms in total. The molecule has 398 valence electrons. The monoisotopic (exact) mass is 1110 g/mol. The second-order valence-electron chi connectivity index (χ2n) is 21.0. The minimum Gasteiger partial charge on any atom is -0.668 e. The molecule has 0 saturated heterocycles. The molecule has 0 amide bonds. The zero-order valence-corrected chi connectivity index (χ0v) is 50.3. The minimum absolute atomic E-state index is 0. The van der Waals surface area contributed by atoms with E-state index in [2.05, 4.69) is 77.1 Å². The van der Waals surface area contributed by atoms with Gasteiger partial charge in [-0.05, 0) is 122 Å². The standard InChI is InChI=1S/C63H116N.C2H6N.W/c1-9-13-17-21-23-25-27-29-31-33-35-37-39-43-45-49-58(5)53-55-62(56-54-59(6)50-46-44-40-38-36-34-32-30-28-26-24-22-18-14-10-2)64-63(61(8)52-48-42-20-16-12-4)57-60(7)51-47-41-19-15-11-3;1-3-2;/h29-32,62-63H,5-28,33-57H2,1-4H3;1-2H3;/q2*-1;+2/b31-29-,32-30-;;. The van der Waals surface area contributed by atoms with Crippen molar-refractivity contribution < 1.29 is 21.1 Å². The second-order valence-corrected chi connectivity index (χ2v) is 21.0. The first-order valence-corrected chi connectivity index (χ1v) is 29.9. The Bertz CT molecular complexity index is 1060. The van der Waals surface area contributed by atoms with Crippen molar-refractivity contribution in [3.8, 4) is 0 Å². The molecule has 0 saturated carbocycles. The van der Waals surface area contributed by atoms with Gasteiger partial charge in [-0.15, -0.1) is 18.7 Å². The van der Waals surface area contributed by atoms with Crippen LogP contribution in [0, 0.1) is 0 Å². The van der Waals surface area contributed by atoms with Crippen LogP contribution in [0.2, 0.25) is 0 Å². The van der Waals surface area contributed by atoms with Crippen LogP contribution in [0.3, 0.4) is 0 Å². The van der Waals surface area contributed by atoms with Gasteiger partial charge in [0.1, 0.15) is 0 Å². The largest absolute Gasteiger partial charge is 2.00 e. The average molecular weight is 1120 g/mol. The van der Waals surface area contributed by atoms with Crippen molar-refractivity contribution in [2.45, 2.75) is 329 Å². The average Bonchev–Trinajstić information content (AvgIpc) is 3.32. The van der Waals surface area contributed by atoms with E-state index in [0.29, 0.717) is 6.04 Å². The molecule has 0 aliphatic rings. The van der Waals surface area contributed by atoms with E-state index >= 15 is 0 Å². The van der Waals surface area contributed by atoms with Crippen LogP contribution in [-0.4, -0.2) is 26.2 Å². The number of hydrogen-bond donors (Lipinski definition) is 0. The van der Waals surface area contributed by atoms with Crippen molar-refractivity contribution in [2.24, 2.45) is 0 Å². The Morgan fingerprint density at radius 1 is 0.353 bits per heavy atom. The van der Waals surface area contributed by atoms with E-state index in [0.717, 1.165) is 44.9 Å². The summed E-state index contributed by atoms with van der Waals surface area (Å²) in [5, 5.41) is 9.23. The summed E-state index contributed by atoms with van der Waals surface area (Å²) in [6, 6.07) is 0.549. The van der Waals surface area contributed by atoms with Crippen LogP contribution in [0.25, 0.3) is 10.6 Å². The van der Waals surface area contributed by atoms with Crippen molar-refractivity contribution >= 4 is 0 Å². The van der Waals surface area contributed by atoms with Gasteiger partial charge in [0.25, 0.3) is 0 Å². The molecular formula is C65H122N2W. The van der Waals surface area contributed by atoms with Gasteiger partial charge in [0.05, 0.1) is 0 Å². The molecule has 1 atom stereocenters. The Balaban J connectivity index is -0.0000103. The fourth-order valence-electron chi connectivity index (χ4n) is 9.21. The Morgan fingerprint density at radius 3 is 0.941 bits per heavy atom. The summed E-state index contributed by atoms with van der Waals surface area (Å²) >= 11 is 0. The Hall–Kier alpha value is -0.952. The molecule has 1 unspecified atom stereocenters. The van der Waals surface area contributed by atoms with Crippen LogP contribution >= 0.6 is 0 Å². The summed E-state index contributed by atoms with van der Waals surface area (Å²) in [7, 11) is 3.50. The smallest absolute Gasteiger partial charge is 0.668 e. The second kappa shape index (κ2) is 60.4. The Kier molecular flexibility index (Phi) is 63.3. The molecule has 0 aromatic heterocycles. The third-order valence-corrected chi connectivity index (χ3v) is 13.8. The summed E-state index contributed by atoms with van der Waals surface area (Å²) in [5.41, 5.74) is 5.62. The predicted octanol–water partition coefficient (Wildman–Crippen LogP) is 23.7. The van der Waals surface area contributed by atoms with E-state index in [1.54, 1.807) is 14.1 Å². The van der Waals surface area contributed by atoms with E-state index in [9.17, 15) is 0 Å². The Labute approximate surface area is 444 Å².